The van der Waals surface area contributed by atoms with Gasteiger partial charge in [-0.3, -0.25) is 14.4 Å². The number of hydrogen-bond acceptors (Lipinski definition) is 6. The molecule has 0 bridgehead atoms. The number of esters is 3. The molecular weight excluding hydrogens is 913 g/mol. The molecule has 0 aliphatic carbocycles. The summed E-state index contributed by atoms with van der Waals surface area (Å²) in [6, 6.07) is 0. The van der Waals surface area contributed by atoms with E-state index in [2.05, 4.69) is 81.5 Å². The lowest BCUT2D eigenvalue weighted by atomic mass is 10.0. The summed E-state index contributed by atoms with van der Waals surface area (Å²) in [7, 11) is 0. The van der Waals surface area contributed by atoms with Crippen LogP contribution < -0.4 is 0 Å². The molecule has 0 N–H and O–H groups in total. The summed E-state index contributed by atoms with van der Waals surface area (Å²) in [5, 5.41) is 0. The molecule has 0 rings (SSSR count). The van der Waals surface area contributed by atoms with Gasteiger partial charge in [-0.25, -0.2) is 0 Å². The molecule has 6 nitrogen and oxygen atoms in total. The molecule has 0 heterocycles. The van der Waals surface area contributed by atoms with Crippen LogP contribution in [0.15, 0.2) is 60.8 Å². The van der Waals surface area contributed by atoms with Crippen LogP contribution in [0.1, 0.15) is 335 Å². The molecule has 1 atom stereocenters. The van der Waals surface area contributed by atoms with Crippen molar-refractivity contribution in [3.63, 3.8) is 0 Å². The zero-order valence-corrected chi connectivity index (χ0v) is 49.4. The molecule has 0 aliphatic heterocycles. The van der Waals surface area contributed by atoms with Crippen molar-refractivity contribution in [3.8, 4) is 0 Å². The van der Waals surface area contributed by atoms with E-state index in [1.165, 1.54) is 193 Å². The lowest BCUT2D eigenvalue weighted by molar-refractivity contribution is -0.167. The summed E-state index contributed by atoms with van der Waals surface area (Å²) < 4.78 is 16.8. The third kappa shape index (κ3) is 60.0. The first-order valence-electron chi connectivity index (χ1n) is 32.3. The second-order valence-corrected chi connectivity index (χ2v) is 21.6. The molecular formula is C68H122O6. The van der Waals surface area contributed by atoms with Gasteiger partial charge in [0.25, 0.3) is 0 Å². The maximum atomic E-state index is 12.8. The lowest BCUT2D eigenvalue weighted by Crippen LogP contribution is -2.30. The van der Waals surface area contributed by atoms with Crippen LogP contribution in [0.25, 0.3) is 0 Å². The first-order valence-corrected chi connectivity index (χ1v) is 32.3. The van der Waals surface area contributed by atoms with Crippen LogP contribution in [-0.4, -0.2) is 37.2 Å². The highest BCUT2D eigenvalue weighted by atomic mass is 16.6. The number of allylic oxidation sites excluding steroid dienone is 10. The number of hydrogen-bond donors (Lipinski definition) is 0. The van der Waals surface area contributed by atoms with Crippen molar-refractivity contribution >= 4 is 17.9 Å². The number of carbonyl (C=O) groups excluding carboxylic acids is 3. The van der Waals surface area contributed by atoms with Crippen molar-refractivity contribution in [1.29, 1.82) is 0 Å². The Morgan fingerprint density at radius 3 is 0.919 bits per heavy atom. The average molecular weight is 1040 g/mol. The molecule has 0 aliphatic rings. The van der Waals surface area contributed by atoms with Gasteiger partial charge in [0.05, 0.1) is 0 Å². The van der Waals surface area contributed by atoms with Crippen molar-refractivity contribution < 1.29 is 28.6 Å². The fraction of sp³-hybridized carbons (Fsp3) is 0.809. The molecule has 74 heavy (non-hydrogen) atoms. The molecule has 0 aromatic heterocycles. The monoisotopic (exact) mass is 1030 g/mol. The van der Waals surface area contributed by atoms with Crippen molar-refractivity contribution in [2.24, 2.45) is 0 Å². The van der Waals surface area contributed by atoms with Crippen molar-refractivity contribution in [2.45, 2.75) is 341 Å². The third-order valence-electron chi connectivity index (χ3n) is 14.2. The SMILES string of the molecule is CC/C=C\C/C=C\C/C=C\C/C=C\CCCCC(=O)OC(COC(=O)CCCCCCC/C=C\CCC)COC(=O)CCCCCCCCCCCCCCCCCCCCCCCCCCCCCCCCC. The van der Waals surface area contributed by atoms with Crippen LogP contribution in [0, 0.1) is 0 Å². The minimum Gasteiger partial charge on any atom is -0.462 e. The van der Waals surface area contributed by atoms with E-state index in [0.29, 0.717) is 19.3 Å². The van der Waals surface area contributed by atoms with Gasteiger partial charge in [0, 0.05) is 19.3 Å². The van der Waals surface area contributed by atoms with Gasteiger partial charge in [-0.05, 0) is 77.0 Å². The Labute approximate surface area is 460 Å². The normalized spacial score (nSPS) is 12.4. The van der Waals surface area contributed by atoms with Crippen LogP contribution >= 0.6 is 0 Å². The Morgan fingerprint density at radius 1 is 0.284 bits per heavy atom. The predicted octanol–water partition coefficient (Wildman–Crippen LogP) is 21.9. The van der Waals surface area contributed by atoms with Gasteiger partial charge < -0.3 is 14.2 Å². The topological polar surface area (TPSA) is 78.9 Å². The summed E-state index contributed by atoms with van der Waals surface area (Å²) in [6.07, 6.45) is 79.9. The molecule has 0 spiro atoms. The zero-order chi connectivity index (χ0) is 53.6. The summed E-state index contributed by atoms with van der Waals surface area (Å²) in [6.45, 7) is 6.46. The molecule has 0 aromatic rings. The highest BCUT2D eigenvalue weighted by molar-refractivity contribution is 5.71. The molecule has 0 saturated carbocycles. The van der Waals surface area contributed by atoms with Crippen LogP contribution in [0.5, 0.6) is 0 Å². The number of carbonyl (C=O) groups is 3. The first kappa shape index (κ1) is 71.1. The van der Waals surface area contributed by atoms with Gasteiger partial charge >= 0.3 is 17.9 Å². The van der Waals surface area contributed by atoms with E-state index in [0.717, 1.165) is 96.3 Å². The predicted molar refractivity (Wildman–Crippen MR) is 321 cm³/mol. The molecule has 0 radical (unpaired) electrons. The Hall–Kier alpha value is -2.89. The van der Waals surface area contributed by atoms with Gasteiger partial charge in [0.15, 0.2) is 6.10 Å². The Kier molecular flexibility index (Phi) is 60.2. The number of unbranched alkanes of at least 4 members (excludes halogenated alkanes) is 38. The summed E-state index contributed by atoms with van der Waals surface area (Å²) in [5.74, 6) is -0.932. The van der Waals surface area contributed by atoms with E-state index in [9.17, 15) is 14.4 Å². The van der Waals surface area contributed by atoms with Crippen molar-refractivity contribution in [1.82, 2.24) is 0 Å². The molecule has 0 amide bonds. The van der Waals surface area contributed by atoms with E-state index in [1.807, 2.05) is 0 Å². The summed E-state index contributed by atoms with van der Waals surface area (Å²) >= 11 is 0. The highest BCUT2D eigenvalue weighted by Gasteiger charge is 2.19. The van der Waals surface area contributed by atoms with E-state index < -0.39 is 6.10 Å². The van der Waals surface area contributed by atoms with Gasteiger partial charge in [0.1, 0.15) is 13.2 Å². The van der Waals surface area contributed by atoms with E-state index in [1.54, 1.807) is 0 Å². The molecule has 430 valence electrons. The van der Waals surface area contributed by atoms with Crippen molar-refractivity contribution in [2.75, 3.05) is 13.2 Å². The summed E-state index contributed by atoms with van der Waals surface area (Å²) in [5.41, 5.74) is 0. The zero-order valence-electron chi connectivity index (χ0n) is 49.4. The van der Waals surface area contributed by atoms with E-state index in [-0.39, 0.29) is 37.5 Å². The molecule has 0 aromatic carbocycles. The fourth-order valence-electron chi connectivity index (χ4n) is 9.44. The highest BCUT2D eigenvalue weighted by Crippen LogP contribution is 2.18. The number of rotatable bonds is 59. The van der Waals surface area contributed by atoms with Crippen LogP contribution in [0.3, 0.4) is 0 Å². The first-order chi connectivity index (χ1) is 36.5. The van der Waals surface area contributed by atoms with Gasteiger partial charge in [-0.2, -0.15) is 0 Å². The van der Waals surface area contributed by atoms with Crippen LogP contribution in [0.2, 0.25) is 0 Å². The Morgan fingerprint density at radius 2 is 0.554 bits per heavy atom. The van der Waals surface area contributed by atoms with E-state index in [4.69, 9.17) is 14.2 Å². The maximum Gasteiger partial charge on any atom is 0.306 e. The van der Waals surface area contributed by atoms with Crippen molar-refractivity contribution in [3.05, 3.63) is 60.8 Å². The quantitative estimate of drug-likeness (QED) is 0.0261. The molecule has 0 saturated heterocycles. The Balaban J connectivity index is 4.09. The number of ether oxygens (including phenoxy) is 3. The molecule has 6 heteroatoms. The smallest absolute Gasteiger partial charge is 0.306 e. The van der Waals surface area contributed by atoms with Gasteiger partial charge in [-0.15, -0.1) is 0 Å². The minimum absolute atomic E-state index is 0.0912. The third-order valence-corrected chi connectivity index (χ3v) is 14.2. The van der Waals surface area contributed by atoms with Gasteiger partial charge in [-0.1, -0.05) is 300 Å². The maximum absolute atomic E-state index is 12.8. The lowest BCUT2D eigenvalue weighted by Gasteiger charge is -2.18. The second-order valence-electron chi connectivity index (χ2n) is 21.6. The largest absolute Gasteiger partial charge is 0.462 e. The van der Waals surface area contributed by atoms with Crippen LogP contribution in [0.4, 0.5) is 0 Å². The fourth-order valence-corrected chi connectivity index (χ4v) is 9.44. The van der Waals surface area contributed by atoms with E-state index >= 15 is 0 Å². The van der Waals surface area contributed by atoms with Gasteiger partial charge in [0.2, 0.25) is 0 Å². The Bertz CT molecular complexity index is 1330. The molecule has 0 fully saturated rings. The summed E-state index contributed by atoms with van der Waals surface area (Å²) in [4.78, 5) is 38.1. The van der Waals surface area contributed by atoms with Crippen LogP contribution in [-0.2, 0) is 28.6 Å². The minimum atomic E-state index is -0.797. The average Bonchev–Trinajstić information content (AvgIpc) is 3.40. The second kappa shape index (κ2) is 62.6. The standard InChI is InChI=1S/C68H122O6/c1-4-7-10-13-16-19-22-24-26-27-28-29-30-31-32-33-34-35-36-37-38-39-40-41-43-44-46-49-52-55-58-61-67(70)73-64-65(63-72-66(69)60-57-54-51-48-21-18-15-12-9-6-3)74-68(71)62-59-56-53-50-47-45-42-25-23-20-17-14-11-8-5-2/h8,11-12,15,17,20,25,42,47,50,65H,4-7,9-10,13-14,16,18-19,21-24,26-41,43-46,48-49,51-64H2,1-3H3/b11-8-,15-12-,20-17-,42-25-,50-47-. The molecule has 1 unspecified atom stereocenters.